The third kappa shape index (κ3) is 3.18. The highest BCUT2D eigenvalue weighted by atomic mass is 32.1. The summed E-state index contributed by atoms with van der Waals surface area (Å²) in [5.41, 5.74) is 6.40. The Morgan fingerprint density at radius 2 is 2.30 bits per heavy atom. The van der Waals surface area contributed by atoms with Crippen LogP contribution in [0, 0.1) is 0 Å². The fourth-order valence-corrected chi connectivity index (χ4v) is 2.46. The lowest BCUT2D eigenvalue weighted by Gasteiger charge is -2.05. The van der Waals surface area contributed by atoms with Crippen LogP contribution < -0.4 is 21.1 Å². The Morgan fingerprint density at radius 3 is 3.00 bits per heavy atom. The topological polar surface area (TPSA) is 89.3 Å². The average Bonchev–Trinajstić information content (AvgIpc) is 2.80. The number of rotatable bonds is 5. The molecule has 6 nitrogen and oxygen atoms in total. The minimum atomic E-state index is -0.280. The predicted octanol–water partition coefficient (Wildman–Crippen LogP) is 2.42. The number of hydrogen-bond acceptors (Lipinski definition) is 6. The lowest BCUT2D eigenvalue weighted by Crippen LogP contribution is -2.12. The van der Waals surface area contributed by atoms with Gasteiger partial charge in [0.25, 0.3) is 5.91 Å². The molecule has 0 aliphatic carbocycles. The van der Waals surface area contributed by atoms with E-state index in [2.05, 4.69) is 15.6 Å². The molecular weight excluding hydrogens is 276 g/mol. The number of anilines is 3. The highest BCUT2D eigenvalue weighted by molar-refractivity contribution is 7.18. The van der Waals surface area contributed by atoms with Crippen molar-refractivity contribution in [3.63, 3.8) is 0 Å². The van der Waals surface area contributed by atoms with E-state index in [1.807, 2.05) is 6.92 Å². The van der Waals surface area contributed by atoms with Gasteiger partial charge in [0.05, 0.1) is 7.11 Å². The van der Waals surface area contributed by atoms with Crippen molar-refractivity contribution in [2.24, 2.45) is 0 Å². The van der Waals surface area contributed by atoms with Crippen molar-refractivity contribution in [3.05, 3.63) is 29.1 Å². The van der Waals surface area contributed by atoms with E-state index >= 15 is 0 Å². The lowest BCUT2D eigenvalue weighted by molar-refractivity contribution is 0.103. The molecule has 0 bridgehead atoms. The highest BCUT2D eigenvalue weighted by Gasteiger charge is 2.16. The van der Waals surface area contributed by atoms with Gasteiger partial charge in [0, 0.05) is 18.3 Å². The first-order valence-corrected chi connectivity index (χ1v) is 6.91. The lowest BCUT2D eigenvalue weighted by atomic mass is 10.3. The second kappa shape index (κ2) is 6.25. The second-order valence-corrected chi connectivity index (χ2v) is 4.95. The molecular formula is C13H16N4O2S. The third-order valence-electron chi connectivity index (χ3n) is 2.52. The fourth-order valence-electron chi connectivity index (χ4n) is 1.61. The standard InChI is InChI=1S/C13H16N4O2S/c1-3-15-13-17-11(14)10(20-13)12(18)16-8-5-4-6-9(7-8)19-2/h4-7H,3,14H2,1-2H3,(H,15,17)(H,16,18). The minimum absolute atomic E-state index is 0.228. The monoisotopic (exact) mass is 292 g/mol. The summed E-state index contributed by atoms with van der Waals surface area (Å²) in [5.74, 6) is 0.622. The third-order valence-corrected chi connectivity index (χ3v) is 3.54. The van der Waals surface area contributed by atoms with Crippen molar-refractivity contribution in [1.29, 1.82) is 0 Å². The number of nitrogens with one attached hydrogen (secondary N) is 2. The Kier molecular flexibility index (Phi) is 4.41. The molecule has 0 saturated carbocycles. The molecule has 0 atom stereocenters. The van der Waals surface area contributed by atoms with Crippen LogP contribution in [0.4, 0.5) is 16.6 Å². The number of carbonyl (C=O) groups is 1. The zero-order valence-corrected chi connectivity index (χ0v) is 12.1. The first-order chi connectivity index (χ1) is 9.63. The van der Waals surface area contributed by atoms with Gasteiger partial charge in [-0.05, 0) is 19.1 Å². The van der Waals surface area contributed by atoms with E-state index in [1.54, 1.807) is 31.4 Å². The van der Waals surface area contributed by atoms with Crippen LogP contribution in [0.1, 0.15) is 16.6 Å². The van der Waals surface area contributed by atoms with Gasteiger partial charge in [-0.2, -0.15) is 0 Å². The first-order valence-electron chi connectivity index (χ1n) is 6.09. The molecule has 1 amide bonds. The summed E-state index contributed by atoms with van der Waals surface area (Å²) >= 11 is 1.23. The van der Waals surface area contributed by atoms with E-state index in [4.69, 9.17) is 10.5 Å². The molecule has 1 heterocycles. The molecule has 0 spiro atoms. The zero-order chi connectivity index (χ0) is 14.5. The van der Waals surface area contributed by atoms with Crippen LogP contribution in [0.15, 0.2) is 24.3 Å². The van der Waals surface area contributed by atoms with E-state index in [-0.39, 0.29) is 11.7 Å². The number of ether oxygens (including phenoxy) is 1. The SMILES string of the molecule is CCNc1nc(N)c(C(=O)Nc2cccc(OC)c2)s1. The molecule has 2 aromatic rings. The summed E-state index contributed by atoms with van der Waals surface area (Å²) in [7, 11) is 1.57. The Labute approximate surface area is 121 Å². The fraction of sp³-hybridized carbons (Fsp3) is 0.231. The van der Waals surface area contributed by atoms with E-state index < -0.39 is 0 Å². The van der Waals surface area contributed by atoms with Gasteiger partial charge in [-0.3, -0.25) is 4.79 Å². The summed E-state index contributed by atoms with van der Waals surface area (Å²) in [4.78, 5) is 16.7. The number of amides is 1. The number of hydrogen-bond donors (Lipinski definition) is 3. The molecule has 2 rings (SSSR count). The van der Waals surface area contributed by atoms with Gasteiger partial charge >= 0.3 is 0 Å². The largest absolute Gasteiger partial charge is 0.497 e. The van der Waals surface area contributed by atoms with Gasteiger partial charge in [-0.15, -0.1) is 0 Å². The van der Waals surface area contributed by atoms with Crippen molar-refractivity contribution in [2.75, 3.05) is 30.0 Å². The number of carbonyl (C=O) groups excluding carboxylic acids is 1. The molecule has 0 saturated heterocycles. The second-order valence-electron chi connectivity index (χ2n) is 3.95. The number of methoxy groups -OCH3 is 1. The number of aromatic nitrogens is 1. The Balaban J connectivity index is 2.15. The van der Waals surface area contributed by atoms with E-state index in [9.17, 15) is 4.79 Å². The number of thiazole rings is 1. The number of nitrogen functional groups attached to an aromatic ring is 1. The quantitative estimate of drug-likeness (QED) is 0.787. The normalized spacial score (nSPS) is 10.1. The molecule has 7 heteroatoms. The van der Waals surface area contributed by atoms with Gasteiger partial charge in [0.15, 0.2) is 5.13 Å². The number of benzene rings is 1. The smallest absolute Gasteiger partial charge is 0.269 e. The molecule has 0 aliphatic rings. The maximum atomic E-state index is 12.2. The Morgan fingerprint density at radius 1 is 1.50 bits per heavy atom. The molecule has 0 radical (unpaired) electrons. The van der Waals surface area contributed by atoms with Crippen molar-refractivity contribution in [2.45, 2.75) is 6.92 Å². The van der Waals surface area contributed by atoms with Crippen LogP contribution in [-0.2, 0) is 0 Å². The molecule has 20 heavy (non-hydrogen) atoms. The summed E-state index contributed by atoms with van der Waals surface area (Å²) < 4.78 is 5.11. The molecule has 0 aliphatic heterocycles. The minimum Gasteiger partial charge on any atom is -0.497 e. The summed E-state index contributed by atoms with van der Waals surface area (Å²) in [6.07, 6.45) is 0. The van der Waals surface area contributed by atoms with Gasteiger partial charge < -0.3 is 21.1 Å². The van der Waals surface area contributed by atoms with Gasteiger partial charge in [-0.1, -0.05) is 17.4 Å². The van der Waals surface area contributed by atoms with Gasteiger partial charge in [0.1, 0.15) is 16.4 Å². The zero-order valence-electron chi connectivity index (χ0n) is 11.3. The Hall–Kier alpha value is -2.28. The van der Waals surface area contributed by atoms with Crippen LogP contribution >= 0.6 is 11.3 Å². The molecule has 4 N–H and O–H groups in total. The van der Waals surface area contributed by atoms with Crippen LogP contribution in [0.2, 0.25) is 0 Å². The van der Waals surface area contributed by atoms with Crippen LogP contribution in [0.5, 0.6) is 5.75 Å². The number of nitrogens with two attached hydrogens (primary N) is 1. The van der Waals surface area contributed by atoms with E-state index in [1.165, 1.54) is 11.3 Å². The summed E-state index contributed by atoms with van der Waals surface area (Å²) in [6, 6.07) is 7.12. The molecule has 1 aromatic carbocycles. The molecule has 106 valence electrons. The number of nitrogens with zero attached hydrogens (tertiary/aromatic N) is 1. The maximum absolute atomic E-state index is 12.2. The molecule has 0 unspecified atom stereocenters. The predicted molar refractivity (Wildman–Crippen MR) is 81.6 cm³/mol. The Bertz CT molecular complexity index is 612. The first kappa shape index (κ1) is 14.1. The van der Waals surface area contributed by atoms with Crippen LogP contribution in [0.3, 0.4) is 0 Å². The van der Waals surface area contributed by atoms with Crippen molar-refractivity contribution in [3.8, 4) is 5.75 Å². The van der Waals surface area contributed by atoms with E-state index in [0.717, 1.165) is 6.54 Å². The average molecular weight is 292 g/mol. The van der Waals surface area contributed by atoms with Gasteiger partial charge in [0.2, 0.25) is 0 Å². The summed E-state index contributed by atoms with van der Waals surface area (Å²) in [5, 5.41) is 6.45. The van der Waals surface area contributed by atoms with E-state index in [0.29, 0.717) is 21.4 Å². The summed E-state index contributed by atoms with van der Waals surface area (Å²) in [6.45, 7) is 2.68. The van der Waals surface area contributed by atoms with Crippen molar-refractivity contribution in [1.82, 2.24) is 4.98 Å². The molecule has 1 aromatic heterocycles. The van der Waals surface area contributed by atoms with Gasteiger partial charge in [-0.25, -0.2) is 4.98 Å². The van der Waals surface area contributed by atoms with Crippen LogP contribution in [0.25, 0.3) is 0 Å². The molecule has 0 fully saturated rings. The highest BCUT2D eigenvalue weighted by Crippen LogP contribution is 2.26. The maximum Gasteiger partial charge on any atom is 0.269 e. The van der Waals surface area contributed by atoms with Crippen molar-refractivity contribution < 1.29 is 9.53 Å². The van der Waals surface area contributed by atoms with Crippen LogP contribution in [-0.4, -0.2) is 24.5 Å². The van der Waals surface area contributed by atoms with Crippen molar-refractivity contribution >= 4 is 33.9 Å².